The van der Waals surface area contributed by atoms with Gasteiger partial charge >= 0.3 is 0 Å². The van der Waals surface area contributed by atoms with Gasteiger partial charge in [-0.3, -0.25) is 4.79 Å². The molecule has 20 heavy (non-hydrogen) atoms. The molecule has 0 spiro atoms. The van der Waals surface area contributed by atoms with Gasteiger partial charge in [-0.25, -0.2) is 0 Å². The Kier molecular flexibility index (Phi) is 4.90. The maximum Gasteiger partial charge on any atom is 0.161 e. The molecular weight excluding hydrogens is 252 g/mol. The summed E-state index contributed by atoms with van der Waals surface area (Å²) < 4.78 is 10.9. The number of Topliss-reactive ketones (excluding diaryl/α,β-unsaturated/α-hetero) is 1. The lowest BCUT2D eigenvalue weighted by Crippen LogP contribution is -2.24. The van der Waals surface area contributed by atoms with E-state index in [9.17, 15) is 4.79 Å². The molecule has 1 saturated heterocycles. The lowest BCUT2D eigenvalue weighted by Gasteiger charge is -2.33. The van der Waals surface area contributed by atoms with Gasteiger partial charge < -0.3 is 9.47 Å². The van der Waals surface area contributed by atoms with Gasteiger partial charge in [0.15, 0.2) is 6.29 Å². The molecule has 0 radical (unpaired) electrons. The van der Waals surface area contributed by atoms with Gasteiger partial charge in [0.1, 0.15) is 5.78 Å². The van der Waals surface area contributed by atoms with Crippen molar-refractivity contribution < 1.29 is 14.3 Å². The van der Waals surface area contributed by atoms with Crippen molar-refractivity contribution in [3.05, 3.63) is 11.6 Å². The third-order valence-electron chi connectivity index (χ3n) is 5.22. The van der Waals surface area contributed by atoms with Crippen LogP contribution in [0.3, 0.4) is 0 Å². The second-order valence-electron chi connectivity index (χ2n) is 6.48. The van der Waals surface area contributed by atoms with Crippen molar-refractivity contribution >= 4 is 5.78 Å². The van der Waals surface area contributed by atoms with Crippen LogP contribution in [0.4, 0.5) is 0 Å². The maximum absolute atomic E-state index is 11.3. The molecule has 0 aromatic heterocycles. The van der Waals surface area contributed by atoms with Gasteiger partial charge in [0.2, 0.25) is 0 Å². The first-order chi connectivity index (χ1) is 9.81. The van der Waals surface area contributed by atoms with Gasteiger partial charge in [-0.15, -0.1) is 0 Å². The Balaban J connectivity index is 1.42. The van der Waals surface area contributed by atoms with E-state index < -0.39 is 0 Å². The van der Waals surface area contributed by atoms with Crippen LogP contribution in [-0.2, 0) is 14.3 Å². The Labute approximate surface area is 121 Å². The van der Waals surface area contributed by atoms with Crippen molar-refractivity contribution in [3.63, 3.8) is 0 Å². The molecule has 3 nitrogen and oxygen atoms in total. The van der Waals surface area contributed by atoms with E-state index in [1.54, 1.807) is 5.57 Å². The molecule has 3 rings (SSSR count). The summed E-state index contributed by atoms with van der Waals surface area (Å²) in [5.41, 5.74) is 1.59. The van der Waals surface area contributed by atoms with E-state index in [1.165, 1.54) is 25.7 Å². The third kappa shape index (κ3) is 3.70. The maximum atomic E-state index is 11.3. The van der Waals surface area contributed by atoms with Crippen molar-refractivity contribution in [2.45, 2.75) is 64.1 Å². The number of carbonyl (C=O) groups is 1. The van der Waals surface area contributed by atoms with Gasteiger partial charge in [-0.05, 0) is 50.4 Å². The van der Waals surface area contributed by atoms with Crippen molar-refractivity contribution in [1.29, 1.82) is 0 Å². The first-order valence-electron chi connectivity index (χ1n) is 8.24. The number of ether oxygens (including phenoxy) is 2. The largest absolute Gasteiger partial charge is 0.350 e. The zero-order valence-corrected chi connectivity index (χ0v) is 12.3. The summed E-state index contributed by atoms with van der Waals surface area (Å²) in [7, 11) is 0. The summed E-state index contributed by atoms with van der Waals surface area (Å²) in [6, 6.07) is 0. The number of hydrogen-bond acceptors (Lipinski definition) is 3. The standard InChI is InChI=1S/C17H26O3/c18-16-8-6-15(7-9-16)14-4-1-13(2-5-14)3-10-17-19-11-12-20-17/h3,14-15,17H,1-2,4-12H2. The van der Waals surface area contributed by atoms with E-state index in [-0.39, 0.29) is 6.29 Å². The van der Waals surface area contributed by atoms with Crippen LogP contribution in [0.2, 0.25) is 0 Å². The summed E-state index contributed by atoms with van der Waals surface area (Å²) in [6.45, 7) is 1.49. The molecule has 3 aliphatic rings. The van der Waals surface area contributed by atoms with E-state index in [1.807, 2.05) is 0 Å². The van der Waals surface area contributed by atoms with Crippen LogP contribution in [0.5, 0.6) is 0 Å². The Bertz CT molecular complexity index is 348. The number of rotatable bonds is 3. The normalized spacial score (nSPS) is 29.9. The van der Waals surface area contributed by atoms with E-state index in [4.69, 9.17) is 9.47 Å². The molecule has 0 N–H and O–H groups in total. The lowest BCUT2D eigenvalue weighted by molar-refractivity contribution is -0.121. The number of carbonyl (C=O) groups excluding carboxylic acids is 1. The minimum atomic E-state index is 0.00424. The van der Waals surface area contributed by atoms with Crippen LogP contribution in [-0.4, -0.2) is 25.3 Å². The molecule has 1 heterocycles. The zero-order chi connectivity index (χ0) is 13.8. The summed E-state index contributed by atoms with van der Waals surface area (Å²) in [6.07, 6.45) is 12.3. The average molecular weight is 278 g/mol. The highest BCUT2D eigenvalue weighted by atomic mass is 16.7. The molecule has 0 unspecified atom stereocenters. The smallest absolute Gasteiger partial charge is 0.161 e. The van der Waals surface area contributed by atoms with Crippen LogP contribution in [0, 0.1) is 11.8 Å². The summed E-state index contributed by atoms with van der Waals surface area (Å²) in [5.74, 6) is 2.16. The molecule has 3 fully saturated rings. The van der Waals surface area contributed by atoms with Crippen molar-refractivity contribution in [2.75, 3.05) is 13.2 Å². The predicted molar refractivity (Wildman–Crippen MR) is 77.3 cm³/mol. The molecular formula is C17H26O3. The van der Waals surface area contributed by atoms with Crippen LogP contribution in [0.25, 0.3) is 0 Å². The number of hydrogen-bond donors (Lipinski definition) is 0. The van der Waals surface area contributed by atoms with Crippen LogP contribution < -0.4 is 0 Å². The summed E-state index contributed by atoms with van der Waals surface area (Å²) >= 11 is 0. The van der Waals surface area contributed by atoms with E-state index in [0.29, 0.717) is 5.78 Å². The van der Waals surface area contributed by atoms with Gasteiger partial charge in [-0.2, -0.15) is 0 Å². The van der Waals surface area contributed by atoms with Gasteiger partial charge in [-0.1, -0.05) is 11.6 Å². The molecule has 0 amide bonds. The Morgan fingerprint density at radius 1 is 0.900 bits per heavy atom. The zero-order valence-electron chi connectivity index (χ0n) is 12.3. The molecule has 112 valence electrons. The average Bonchev–Trinajstić information content (AvgIpc) is 3.00. The highest BCUT2D eigenvalue weighted by Gasteiger charge is 2.28. The van der Waals surface area contributed by atoms with Crippen molar-refractivity contribution in [3.8, 4) is 0 Å². The highest BCUT2D eigenvalue weighted by molar-refractivity contribution is 5.79. The van der Waals surface area contributed by atoms with E-state index in [2.05, 4.69) is 6.08 Å². The third-order valence-corrected chi connectivity index (χ3v) is 5.22. The van der Waals surface area contributed by atoms with E-state index in [0.717, 1.165) is 57.2 Å². The van der Waals surface area contributed by atoms with Gasteiger partial charge in [0.05, 0.1) is 13.2 Å². The molecule has 0 atom stereocenters. The Morgan fingerprint density at radius 3 is 2.05 bits per heavy atom. The quantitative estimate of drug-likeness (QED) is 0.740. The minimum Gasteiger partial charge on any atom is -0.350 e. The number of ketones is 1. The minimum absolute atomic E-state index is 0.00424. The first-order valence-corrected chi connectivity index (χ1v) is 8.24. The Morgan fingerprint density at radius 2 is 1.45 bits per heavy atom. The fourth-order valence-electron chi connectivity index (χ4n) is 3.93. The summed E-state index contributed by atoms with van der Waals surface area (Å²) in [5, 5.41) is 0. The molecule has 0 aromatic carbocycles. The lowest BCUT2D eigenvalue weighted by atomic mass is 9.72. The second-order valence-corrected chi connectivity index (χ2v) is 6.48. The number of allylic oxidation sites excluding steroid dienone is 1. The highest BCUT2D eigenvalue weighted by Crippen LogP contribution is 2.39. The topological polar surface area (TPSA) is 35.5 Å². The molecule has 3 heteroatoms. The van der Waals surface area contributed by atoms with Gasteiger partial charge in [0.25, 0.3) is 0 Å². The van der Waals surface area contributed by atoms with Crippen LogP contribution >= 0.6 is 0 Å². The molecule has 1 aliphatic heterocycles. The predicted octanol–water partition coefficient (Wildman–Crippen LogP) is 3.63. The van der Waals surface area contributed by atoms with Crippen LogP contribution in [0.15, 0.2) is 11.6 Å². The molecule has 0 aromatic rings. The summed E-state index contributed by atoms with van der Waals surface area (Å²) in [4.78, 5) is 11.3. The van der Waals surface area contributed by atoms with Crippen molar-refractivity contribution in [2.24, 2.45) is 11.8 Å². The monoisotopic (exact) mass is 278 g/mol. The van der Waals surface area contributed by atoms with Gasteiger partial charge in [0, 0.05) is 19.3 Å². The van der Waals surface area contributed by atoms with Crippen LogP contribution in [0.1, 0.15) is 57.8 Å². The Hall–Kier alpha value is -0.670. The molecule has 2 aliphatic carbocycles. The van der Waals surface area contributed by atoms with Crippen molar-refractivity contribution in [1.82, 2.24) is 0 Å². The fourth-order valence-corrected chi connectivity index (χ4v) is 3.93. The first kappa shape index (κ1) is 14.3. The fraction of sp³-hybridized carbons (Fsp3) is 0.824. The molecule has 2 saturated carbocycles. The SMILES string of the molecule is O=C1CCC(C2CCC(=CCC3OCCO3)CC2)CC1. The molecule has 0 bridgehead atoms. The second kappa shape index (κ2) is 6.86. The van der Waals surface area contributed by atoms with E-state index >= 15 is 0 Å².